The van der Waals surface area contributed by atoms with Crippen LogP contribution in [0.1, 0.15) is 46.5 Å². The molecule has 0 spiro atoms. The highest BCUT2D eigenvalue weighted by molar-refractivity contribution is 4.78. The minimum Gasteiger partial charge on any atom is -0.316 e. The molecule has 0 aromatic rings. The van der Waals surface area contributed by atoms with E-state index in [1.54, 1.807) is 0 Å². The van der Waals surface area contributed by atoms with Gasteiger partial charge < -0.3 is 10.6 Å². The first-order valence-electron chi connectivity index (χ1n) is 6.55. The molecule has 0 aromatic heterocycles. The lowest BCUT2D eigenvalue weighted by molar-refractivity contribution is 0.271. The summed E-state index contributed by atoms with van der Waals surface area (Å²) in [7, 11) is 0. The van der Waals surface area contributed by atoms with Gasteiger partial charge in [0, 0.05) is 26.2 Å². The minimum absolute atomic E-state index is 0.479. The summed E-state index contributed by atoms with van der Waals surface area (Å²) in [6.07, 6.45) is 5.46. The Hall–Kier alpha value is -0.0800. The average Bonchev–Trinajstić information content (AvgIpc) is 2.10. The Bertz CT molecular complexity index is 162. The van der Waals surface area contributed by atoms with E-state index < -0.39 is 0 Å². The second-order valence-electron chi connectivity index (χ2n) is 5.78. The molecule has 1 saturated heterocycles. The normalized spacial score (nSPS) is 17.8. The van der Waals surface area contributed by atoms with Crippen molar-refractivity contribution in [1.82, 2.24) is 10.6 Å². The Kier molecular flexibility index (Phi) is 5.62. The van der Waals surface area contributed by atoms with Gasteiger partial charge in [-0.25, -0.2) is 0 Å². The van der Waals surface area contributed by atoms with Crippen LogP contribution in [0.25, 0.3) is 0 Å². The topological polar surface area (TPSA) is 24.1 Å². The third kappa shape index (κ3) is 5.53. The summed E-state index contributed by atoms with van der Waals surface area (Å²) in [5.41, 5.74) is 0.479. The minimum atomic E-state index is 0.479. The predicted molar refractivity (Wildman–Crippen MR) is 67.2 cm³/mol. The van der Waals surface area contributed by atoms with Crippen LogP contribution in [0.4, 0.5) is 0 Å². The lowest BCUT2D eigenvalue weighted by Crippen LogP contribution is -2.48. The maximum absolute atomic E-state index is 3.61. The van der Waals surface area contributed by atoms with E-state index in [0.29, 0.717) is 5.41 Å². The average molecular weight is 212 g/mol. The number of nitrogens with one attached hydrogen (secondary N) is 2. The third-order valence-electron chi connectivity index (χ3n) is 3.36. The first-order chi connectivity index (χ1) is 7.14. The van der Waals surface area contributed by atoms with Crippen LogP contribution >= 0.6 is 0 Å². The molecule has 0 bridgehead atoms. The summed E-state index contributed by atoms with van der Waals surface area (Å²) in [5.74, 6) is 0.886. The largest absolute Gasteiger partial charge is 0.316 e. The molecule has 2 nitrogen and oxygen atoms in total. The van der Waals surface area contributed by atoms with Gasteiger partial charge in [0.1, 0.15) is 0 Å². The van der Waals surface area contributed by atoms with Crippen molar-refractivity contribution in [3.8, 4) is 0 Å². The van der Waals surface area contributed by atoms with E-state index in [-0.39, 0.29) is 0 Å². The molecule has 1 rings (SSSR count). The Morgan fingerprint density at radius 3 is 2.53 bits per heavy atom. The molecule has 0 atom stereocenters. The molecule has 15 heavy (non-hydrogen) atoms. The second-order valence-corrected chi connectivity index (χ2v) is 5.78. The smallest absolute Gasteiger partial charge is 0.000403 e. The van der Waals surface area contributed by atoms with Crippen molar-refractivity contribution in [2.75, 3.05) is 26.2 Å². The van der Waals surface area contributed by atoms with Gasteiger partial charge in [-0.3, -0.25) is 0 Å². The lowest BCUT2D eigenvalue weighted by Gasteiger charge is -2.30. The second kappa shape index (κ2) is 6.49. The highest BCUT2D eigenvalue weighted by Crippen LogP contribution is 2.22. The van der Waals surface area contributed by atoms with Crippen molar-refractivity contribution in [3.05, 3.63) is 0 Å². The van der Waals surface area contributed by atoms with Gasteiger partial charge in [-0.05, 0) is 17.8 Å². The molecule has 0 radical (unpaired) electrons. The van der Waals surface area contributed by atoms with Gasteiger partial charge in [0.05, 0.1) is 0 Å². The molecule has 1 fully saturated rings. The van der Waals surface area contributed by atoms with E-state index in [9.17, 15) is 0 Å². The molecule has 90 valence electrons. The molecule has 1 aliphatic heterocycles. The van der Waals surface area contributed by atoms with Crippen molar-refractivity contribution >= 4 is 0 Å². The van der Waals surface area contributed by atoms with E-state index in [0.717, 1.165) is 5.92 Å². The van der Waals surface area contributed by atoms with Crippen LogP contribution in [0.2, 0.25) is 0 Å². The number of unbranched alkanes of at least 4 members (excludes halogenated alkanes) is 2. The van der Waals surface area contributed by atoms with Gasteiger partial charge in [0.25, 0.3) is 0 Å². The number of rotatable bonds is 8. The highest BCUT2D eigenvalue weighted by Gasteiger charge is 2.19. The zero-order valence-electron chi connectivity index (χ0n) is 10.7. The van der Waals surface area contributed by atoms with E-state index >= 15 is 0 Å². The predicted octanol–water partition coefficient (Wildman–Crippen LogP) is 2.40. The van der Waals surface area contributed by atoms with E-state index in [1.807, 2.05) is 0 Å². The summed E-state index contributed by atoms with van der Waals surface area (Å²) in [6.45, 7) is 11.8. The summed E-state index contributed by atoms with van der Waals surface area (Å²) in [4.78, 5) is 0. The quantitative estimate of drug-likeness (QED) is 0.604. The fraction of sp³-hybridized carbons (Fsp3) is 1.00. The van der Waals surface area contributed by atoms with Gasteiger partial charge in [0.2, 0.25) is 0 Å². The molecular weight excluding hydrogens is 184 g/mol. The zero-order valence-corrected chi connectivity index (χ0v) is 10.7. The number of hydrogen-bond donors (Lipinski definition) is 2. The Labute approximate surface area is 95.2 Å². The fourth-order valence-corrected chi connectivity index (χ4v) is 2.05. The molecule has 1 aliphatic rings. The molecule has 0 saturated carbocycles. The van der Waals surface area contributed by atoms with Crippen LogP contribution in [0.5, 0.6) is 0 Å². The lowest BCUT2D eigenvalue weighted by atomic mass is 9.86. The van der Waals surface area contributed by atoms with Gasteiger partial charge in [-0.1, -0.05) is 40.0 Å². The molecule has 0 unspecified atom stereocenters. The van der Waals surface area contributed by atoms with Gasteiger partial charge in [0.15, 0.2) is 0 Å². The molecular formula is C13H28N2. The van der Waals surface area contributed by atoms with Crippen molar-refractivity contribution in [3.63, 3.8) is 0 Å². The van der Waals surface area contributed by atoms with E-state index in [4.69, 9.17) is 0 Å². The third-order valence-corrected chi connectivity index (χ3v) is 3.36. The van der Waals surface area contributed by atoms with E-state index in [2.05, 4.69) is 31.4 Å². The molecule has 0 aromatic carbocycles. The maximum Gasteiger partial charge on any atom is 0.000403 e. The van der Waals surface area contributed by atoms with Crippen LogP contribution in [0, 0.1) is 11.3 Å². The number of hydrogen-bond acceptors (Lipinski definition) is 2. The van der Waals surface area contributed by atoms with Crippen LogP contribution in [0.15, 0.2) is 0 Å². The Morgan fingerprint density at radius 2 is 2.00 bits per heavy atom. The van der Waals surface area contributed by atoms with Gasteiger partial charge in [-0.15, -0.1) is 0 Å². The fourth-order valence-electron chi connectivity index (χ4n) is 2.05. The van der Waals surface area contributed by atoms with Crippen LogP contribution in [-0.4, -0.2) is 26.2 Å². The molecule has 0 aliphatic carbocycles. The van der Waals surface area contributed by atoms with Gasteiger partial charge >= 0.3 is 0 Å². The SMILES string of the molecule is CCCCCC(C)(C)CNCC1CNC1. The van der Waals surface area contributed by atoms with E-state index in [1.165, 1.54) is 51.9 Å². The summed E-state index contributed by atoms with van der Waals surface area (Å²) in [6, 6.07) is 0. The molecule has 2 heteroatoms. The summed E-state index contributed by atoms with van der Waals surface area (Å²) >= 11 is 0. The molecule has 0 amide bonds. The Morgan fingerprint density at radius 1 is 1.27 bits per heavy atom. The standard InChI is InChI=1S/C13H28N2/c1-4-5-6-7-13(2,3)11-15-10-12-8-14-9-12/h12,14-15H,4-11H2,1-3H3. The van der Waals surface area contributed by atoms with Crippen LogP contribution in [-0.2, 0) is 0 Å². The monoisotopic (exact) mass is 212 g/mol. The summed E-state index contributed by atoms with van der Waals surface area (Å²) < 4.78 is 0. The first kappa shape index (κ1) is 13.0. The zero-order chi connectivity index (χ0) is 11.1. The van der Waals surface area contributed by atoms with Crippen LogP contribution < -0.4 is 10.6 Å². The Balaban J connectivity index is 2.00. The van der Waals surface area contributed by atoms with Crippen LogP contribution in [0.3, 0.4) is 0 Å². The highest BCUT2D eigenvalue weighted by atomic mass is 15.0. The van der Waals surface area contributed by atoms with Crippen molar-refractivity contribution in [2.24, 2.45) is 11.3 Å². The first-order valence-corrected chi connectivity index (χ1v) is 6.55. The molecule has 2 N–H and O–H groups in total. The van der Waals surface area contributed by atoms with Crippen molar-refractivity contribution in [1.29, 1.82) is 0 Å². The maximum atomic E-state index is 3.61. The van der Waals surface area contributed by atoms with Crippen molar-refractivity contribution < 1.29 is 0 Å². The summed E-state index contributed by atoms with van der Waals surface area (Å²) in [5, 5.41) is 6.93. The van der Waals surface area contributed by atoms with Gasteiger partial charge in [-0.2, -0.15) is 0 Å². The molecule has 1 heterocycles. The van der Waals surface area contributed by atoms with Crippen molar-refractivity contribution in [2.45, 2.75) is 46.5 Å².